The number of hydrogen-bond donors (Lipinski definition) is 1. The van der Waals surface area contributed by atoms with E-state index < -0.39 is 0 Å². The minimum absolute atomic E-state index is 0.0692. The zero-order valence-corrected chi connectivity index (χ0v) is 15.0. The lowest BCUT2D eigenvalue weighted by Gasteiger charge is -2.23. The topological polar surface area (TPSA) is 61.9 Å². The summed E-state index contributed by atoms with van der Waals surface area (Å²) in [4.78, 5) is 19.7. The largest absolute Gasteiger partial charge is 0.332 e. The van der Waals surface area contributed by atoms with Crippen LogP contribution < -0.4 is 0 Å². The highest BCUT2D eigenvalue weighted by Crippen LogP contribution is 2.25. The van der Waals surface area contributed by atoms with Gasteiger partial charge in [-0.2, -0.15) is 5.10 Å². The zero-order valence-electron chi connectivity index (χ0n) is 14.2. The molecule has 0 saturated heterocycles. The standard InChI is InChI=1S/C18H20N4OS/c1-11(22(4)18(23)17-12(2)24-13(3)19-17)15-10-16(21-20-15)14-8-6-5-7-9-14/h5-11H,1-4H3,(H,20,21)/t11-/m1/s1. The molecule has 124 valence electrons. The number of aromatic nitrogens is 3. The highest BCUT2D eigenvalue weighted by molar-refractivity contribution is 7.11. The molecule has 2 aromatic heterocycles. The number of carbonyl (C=O) groups excluding carboxylic acids is 1. The monoisotopic (exact) mass is 340 g/mol. The Morgan fingerprint density at radius 3 is 2.58 bits per heavy atom. The van der Waals surface area contributed by atoms with Gasteiger partial charge >= 0.3 is 0 Å². The molecule has 1 aromatic carbocycles. The lowest BCUT2D eigenvalue weighted by atomic mass is 10.1. The van der Waals surface area contributed by atoms with Crippen molar-refractivity contribution in [2.45, 2.75) is 26.8 Å². The Labute approximate surface area is 145 Å². The first-order valence-electron chi connectivity index (χ1n) is 7.79. The molecule has 1 N–H and O–H groups in total. The molecule has 0 bridgehead atoms. The van der Waals surface area contributed by atoms with Crippen LogP contribution in [0.1, 0.15) is 39.0 Å². The van der Waals surface area contributed by atoms with Crippen molar-refractivity contribution in [2.75, 3.05) is 7.05 Å². The van der Waals surface area contributed by atoms with Crippen molar-refractivity contribution in [3.05, 3.63) is 57.7 Å². The van der Waals surface area contributed by atoms with E-state index >= 15 is 0 Å². The molecule has 1 atom stereocenters. The summed E-state index contributed by atoms with van der Waals surface area (Å²) in [7, 11) is 1.80. The van der Waals surface area contributed by atoms with Crippen molar-refractivity contribution in [1.82, 2.24) is 20.1 Å². The van der Waals surface area contributed by atoms with Gasteiger partial charge in [0.1, 0.15) is 5.69 Å². The van der Waals surface area contributed by atoms with Crippen LogP contribution in [0.3, 0.4) is 0 Å². The van der Waals surface area contributed by atoms with E-state index in [2.05, 4.69) is 15.2 Å². The molecule has 1 amide bonds. The Kier molecular flexibility index (Phi) is 4.49. The van der Waals surface area contributed by atoms with Gasteiger partial charge in [-0.1, -0.05) is 30.3 Å². The minimum Gasteiger partial charge on any atom is -0.332 e. The van der Waals surface area contributed by atoms with Crippen LogP contribution in [-0.4, -0.2) is 33.0 Å². The van der Waals surface area contributed by atoms with Crippen molar-refractivity contribution >= 4 is 17.2 Å². The summed E-state index contributed by atoms with van der Waals surface area (Å²) in [5, 5.41) is 8.32. The molecule has 0 fully saturated rings. The molecule has 0 saturated carbocycles. The van der Waals surface area contributed by atoms with Crippen molar-refractivity contribution in [3.8, 4) is 11.3 Å². The number of thiazole rings is 1. The van der Waals surface area contributed by atoms with Crippen LogP contribution in [0.4, 0.5) is 0 Å². The average Bonchev–Trinajstić information content (AvgIpc) is 3.20. The van der Waals surface area contributed by atoms with Crippen LogP contribution >= 0.6 is 11.3 Å². The van der Waals surface area contributed by atoms with Gasteiger partial charge in [0.2, 0.25) is 0 Å². The van der Waals surface area contributed by atoms with Gasteiger partial charge in [-0.15, -0.1) is 11.3 Å². The highest BCUT2D eigenvalue weighted by atomic mass is 32.1. The minimum atomic E-state index is -0.121. The van der Waals surface area contributed by atoms with E-state index in [0.29, 0.717) is 5.69 Å². The lowest BCUT2D eigenvalue weighted by molar-refractivity contribution is 0.0734. The fourth-order valence-corrected chi connectivity index (χ4v) is 3.40. The van der Waals surface area contributed by atoms with Crippen LogP contribution in [0.15, 0.2) is 36.4 Å². The third kappa shape index (κ3) is 3.10. The highest BCUT2D eigenvalue weighted by Gasteiger charge is 2.24. The predicted molar refractivity (Wildman–Crippen MR) is 96.1 cm³/mol. The Balaban J connectivity index is 1.81. The quantitative estimate of drug-likeness (QED) is 0.781. The summed E-state index contributed by atoms with van der Waals surface area (Å²) in [6.07, 6.45) is 0. The third-order valence-corrected chi connectivity index (χ3v) is 5.01. The molecule has 3 aromatic rings. The predicted octanol–water partition coefficient (Wildman–Crippen LogP) is 3.98. The SMILES string of the molecule is Cc1nc(C(=O)N(C)[C@H](C)c2cc(-c3ccccc3)n[nH]2)c(C)s1. The molecule has 2 heterocycles. The second kappa shape index (κ2) is 6.57. The maximum Gasteiger partial charge on any atom is 0.273 e. The van der Waals surface area contributed by atoms with Gasteiger partial charge in [-0.05, 0) is 26.8 Å². The van der Waals surface area contributed by atoms with E-state index in [4.69, 9.17) is 0 Å². The first-order chi connectivity index (χ1) is 11.5. The molecular formula is C18H20N4OS. The lowest BCUT2D eigenvalue weighted by Crippen LogP contribution is -2.30. The van der Waals surface area contributed by atoms with Crippen molar-refractivity contribution in [3.63, 3.8) is 0 Å². The second-order valence-corrected chi connectivity index (χ2v) is 7.21. The third-order valence-electron chi connectivity index (χ3n) is 4.12. The number of carbonyl (C=O) groups is 1. The average molecular weight is 340 g/mol. The number of aryl methyl sites for hydroxylation is 2. The summed E-state index contributed by atoms with van der Waals surface area (Å²) in [6.45, 7) is 5.83. The Hall–Kier alpha value is -2.47. The summed E-state index contributed by atoms with van der Waals surface area (Å²) >= 11 is 1.55. The first kappa shape index (κ1) is 16.4. The zero-order chi connectivity index (χ0) is 17.3. The maximum atomic E-state index is 12.7. The van der Waals surface area contributed by atoms with Crippen LogP contribution in [0, 0.1) is 13.8 Å². The van der Waals surface area contributed by atoms with Gasteiger partial charge in [0.05, 0.1) is 22.4 Å². The molecule has 0 radical (unpaired) electrons. The molecular weight excluding hydrogens is 320 g/mol. The van der Waals surface area contributed by atoms with Crippen molar-refractivity contribution in [1.29, 1.82) is 0 Å². The summed E-state index contributed by atoms with van der Waals surface area (Å²) in [5.41, 5.74) is 3.36. The smallest absolute Gasteiger partial charge is 0.273 e. The first-order valence-corrected chi connectivity index (χ1v) is 8.61. The fourth-order valence-electron chi connectivity index (χ4n) is 2.59. The molecule has 0 spiro atoms. The number of hydrogen-bond acceptors (Lipinski definition) is 4. The van der Waals surface area contributed by atoms with Crippen molar-refractivity contribution in [2.24, 2.45) is 0 Å². The number of aromatic amines is 1. The molecule has 0 aliphatic heterocycles. The number of benzene rings is 1. The molecule has 0 aliphatic rings. The summed E-state index contributed by atoms with van der Waals surface area (Å²) in [6, 6.07) is 11.8. The molecule has 5 nitrogen and oxygen atoms in total. The van der Waals surface area contributed by atoms with Gasteiger partial charge in [-0.3, -0.25) is 9.89 Å². The van der Waals surface area contributed by atoms with E-state index in [1.165, 1.54) is 0 Å². The van der Waals surface area contributed by atoms with Crippen LogP contribution in [0.2, 0.25) is 0 Å². The normalized spacial score (nSPS) is 12.2. The van der Waals surface area contributed by atoms with Gasteiger partial charge in [0, 0.05) is 17.5 Å². The Morgan fingerprint density at radius 2 is 1.96 bits per heavy atom. The fraction of sp³-hybridized carbons (Fsp3) is 0.278. The van der Waals surface area contributed by atoms with Gasteiger partial charge < -0.3 is 4.90 Å². The van der Waals surface area contributed by atoms with Crippen molar-refractivity contribution < 1.29 is 4.79 Å². The second-order valence-electron chi connectivity index (χ2n) is 5.80. The van der Waals surface area contributed by atoms with Gasteiger partial charge in [0.25, 0.3) is 5.91 Å². The molecule has 0 unspecified atom stereocenters. The van der Waals surface area contributed by atoms with E-state index in [1.807, 2.05) is 57.2 Å². The summed E-state index contributed by atoms with van der Waals surface area (Å²) in [5.74, 6) is -0.0692. The van der Waals surface area contributed by atoms with E-state index in [1.54, 1.807) is 23.3 Å². The van der Waals surface area contributed by atoms with Crippen LogP contribution in [0.5, 0.6) is 0 Å². The van der Waals surface area contributed by atoms with Gasteiger partial charge in [0.15, 0.2) is 0 Å². The van der Waals surface area contributed by atoms with Crippen LogP contribution in [0.25, 0.3) is 11.3 Å². The Morgan fingerprint density at radius 1 is 1.25 bits per heavy atom. The number of H-pyrrole nitrogens is 1. The molecule has 0 aliphatic carbocycles. The maximum absolute atomic E-state index is 12.7. The van der Waals surface area contributed by atoms with E-state index in [0.717, 1.165) is 26.8 Å². The molecule has 24 heavy (non-hydrogen) atoms. The number of nitrogens with zero attached hydrogens (tertiary/aromatic N) is 3. The number of nitrogens with one attached hydrogen (secondary N) is 1. The van der Waals surface area contributed by atoms with Crippen LogP contribution in [-0.2, 0) is 0 Å². The molecule has 6 heteroatoms. The summed E-state index contributed by atoms with van der Waals surface area (Å²) < 4.78 is 0. The number of amides is 1. The van der Waals surface area contributed by atoms with Gasteiger partial charge in [-0.25, -0.2) is 4.98 Å². The molecule has 3 rings (SSSR count). The van der Waals surface area contributed by atoms with E-state index in [-0.39, 0.29) is 11.9 Å². The van der Waals surface area contributed by atoms with E-state index in [9.17, 15) is 4.79 Å². The number of rotatable bonds is 4. The Bertz CT molecular complexity index is 853.